The lowest BCUT2D eigenvalue weighted by molar-refractivity contribution is -0.214. The van der Waals surface area contributed by atoms with Gasteiger partial charge in [-0.25, -0.2) is 0 Å². The van der Waals surface area contributed by atoms with Crippen molar-refractivity contribution in [2.45, 2.75) is 97.2 Å². The Labute approximate surface area is 176 Å². The molecule has 2 nitrogen and oxygen atoms in total. The van der Waals surface area contributed by atoms with E-state index in [-0.39, 0.29) is 12.2 Å². The van der Waals surface area contributed by atoms with Crippen LogP contribution in [0.2, 0.25) is 0 Å². The molecular formula is C25H42F2O2. The third kappa shape index (κ3) is 7.31. The SMILES string of the molecule is CCCC(C)C1CCC(C2COC(CCC3CCC(C=C(F)F)CC3)OC2)CC1. The number of hydrogen-bond donors (Lipinski definition) is 0. The lowest BCUT2D eigenvalue weighted by atomic mass is 9.71. The molecule has 168 valence electrons. The normalized spacial score (nSPS) is 37.1. The van der Waals surface area contributed by atoms with Crippen LogP contribution < -0.4 is 0 Å². The quantitative estimate of drug-likeness (QED) is 0.409. The maximum absolute atomic E-state index is 12.4. The fourth-order valence-corrected chi connectivity index (χ4v) is 6.07. The van der Waals surface area contributed by atoms with Crippen LogP contribution in [0.1, 0.15) is 90.9 Å². The molecule has 0 aromatic rings. The molecule has 1 atom stereocenters. The van der Waals surface area contributed by atoms with Crippen molar-refractivity contribution in [3.63, 3.8) is 0 Å². The smallest absolute Gasteiger partial charge is 0.266 e. The van der Waals surface area contributed by atoms with Gasteiger partial charge in [0.2, 0.25) is 0 Å². The highest BCUT2D eigenvalue weighted by molar-refractivity contribution is 4.91. The molecule has 0 radical (unpaired) electrons. The molecule has 3 fully saturated rings. The van der Waals surface area contributed by atoms with Gasteiger partial charge in [0.15, 0.2) is 6.29 Å². The molecule has 29 heavy (non-hydrogen) atoms. The molecule has 3 aliphatic rings. The fraction of sp³-hybridized carbons (Fsp3) is 0.920. The molecule has 3 rings (SSSR count). The van der Waals surface area contributed by atoms with Gasteiger partial charge in [0, 0.05) is 5.92 Å². The highest BCUT2D eigenvalue weighted by Gasteiger charge is 2.33. The van der Waals surface area contributed by atoms with Gasteiger partial charge >= 0.3 is 0 Å². The van der Waals surface area contributed by atoms with Crippen molar-refractivity contribution in [1.29, 1.82) is 0 Å². The van der Waals surface area contributed by atoms with Crippen LogP contribution >= 0.6 is 0 Å². The topological polar surface area (TPSA) is 18.5 Å². The fourth-order valence-electron chi connectivity index (χ4n) is 6.07. The Morgan fingerprint density at radius 1 is 0.897 bits per heavy atom. The molecule has 1 aliphatic heterocycles. The molecule has 0 N–H and O–H groups in total. The maximum Gasteiger partial charge on any atom is 0.266 e. The minimum Gasteiger partial charge on any atom is -0.352 e. The van der Waals surface area contributed by atoms with Gasteiger partial charge in [-0.15, -0.1) is 0 Å². The number of ether oxygens (including phenoxy) is 2. The minimum atomic E-state index is -1.52. The summed E-state index contributed by atoms with van der Waals surface area (Å²) in [5.74, 6) is 3.89. The zero-order valence-corrected chi connectivity index (χ0v) is 18.6. The van der Waals surface area contributed by atoms with Gasteiger partial charge in [0.25, 0.3) is 6.08 Å². The standard InChI is InChI=1S/C25H42F2O2/c1-3-4-18(2)21-10-12-22(13-11-21)23-16-28-25(29-17-23)14-9-19-5-7-20(8-6-19)15-24(26)27/h15,18-23,25H,3-14,16-17H2,1-2H3. The van der Waals surface area contributed by atoms with Crippen LogP contribution in [0, 0.1) is 35.5 Å². The molecule has 1 saturated heterocycles. The van der Waals surface area contributed by atoms with E-state index in [0.717, 1.165) is 75.6 Å². The molecule has 1 unspecified atom stereocenters. The summed E-state index contributed by atoms with van der Waals surface area (Å²) in [4.78, 5) is 0. The Kier molecular flexibility index (Phi) is 9.43. The molecule has 4 heteroatoms. The first-order valence-electron chi connectivity index (χ1n) is 12.3. The summed E-state index contributed by atoms with van der Waals surface area (Å²) in [6.07, 6.45) is 13.7. The summed E-state index contributed by atoms with van der Waals surface area (Å²) in [6.45, 7) is 6.45. The average molecular weight is 413 g/mol. The van der Waals surface area contributed by atoms with Crippen LogP contribution in [0.15, 0.2) is 12.2 Å². The second-order valence-corrected chi connectivity index (χ2v) is 10.1. The highest BCUT2D eigenvalue weighted by Crippen LogP contribution is 2.40. The first-order chi connectivity index (χ1) is 14.0. The van der Waals surface area contributed by atoms with Crippen molar-refractivity contribution in [3.8, 4) is 0 Å². The predicted octanol–water partition coefficient (Wildman–Crippen LogP) is 7.59. The van der Waals surface area contributed by atoms with E-state index in [1.807, 2.05) is 0 Å². The second kappa shape index (κ2) is 11.8. The molecule has 0 spiro atoms. The third-order valence-electron chi connectivity index (χ3n) is 8.09. The Morgan fingerprint density at radius 2 is 1.55 bits per heavy atom. The van der Waals surface area contributed by atoms with Crippen LogP contribution in [-0.4, -0.2) is 19.5 Å². The van der Waals surface area contributed by atoms with E-state index in [9.17, 15) is 8.78 Å². The number of allylic oxidation sites excluding steroid dienone is 1. The Morgan fingerprint density at radius 3 is 2.14 bits per heavy atom. The van der Waals surface area contributed by atoms with Gasteiger partial charge in [-0.2, -0.15) is 8.78 Å². The highest BCUT2D eigenvalue weighted by atomic mass is 19.3. The van der Waals surface area contributed by atoms with Gasteiger partial charge in [0.1, 0.15) is 0 Å². The monoisotopic (exact) mass is 412 g/mol. The van der Waals surface area contributed by atoms with Crippen LogP contribution in [-0.2, 0) is 9.47 Å². The van der Waals surface area contributed by atoms with Crippen molar-refractivity contribution >= 4 is 0 Å². The molecular weight excluding hydrogens is 370 g/mol. The Bertz CT molecular complexity index is 481. The number of rotatable bonds is 8. The first kappa shape index (κ1) is 23.2. The van der Waals surface area contributed by atoms with Crippen molar-refractivity contribution in [2.24, 2.45) is 35.5 Å². The van der Waals surface area contributed by atoms with Gasteiger partial charge in [-0.3, -0.25) is 0 Å². The van der Waals surface area contributed by atoms with Crippen LogP contribution in [0.5, 0.6) is 0 Å². The van der Waals surface area contributed by atoms with Gasteiger partial charge < -0.3 is 9.47 Å². The van der Waals surface area contributed by atoms with Crippen LogP contribution in [0.3, 0.4) is 0 Å². The van der Waals surface area contributed by atoms with Gasteiger partial charge in [-0.05, 0) is 99.9 Å². The van der Waals surface area contributed by atoms with E-state index in [1.165, 1.54) is 38.5 Å². The molecule has 0 bridgehead atoms. The predicted molar refractivity (Wildman–Crippen MR) is 114 cm³/mol. The van der Waals surface area contributed by atoms with E-state index in [4.69, 9.17) is 9.47 Å². The molecule has 1 heterocycles. The summed E-state index contributed by atoms with van der Waals surface area (Å²) in [5, 5.41) is 0. The van der Waals surface area contributed by atoms with Crippen molar-refractivity contribution in [1.82, 2.24) is 0 Å². The molecule has 2 aliphatic carbocycles. The van der Waals surface area contributed by atoms with E-state index >= 15 is 0 Å². The summed E-state index contributed by atoms with van der Waals surface area (Å²) >= 11 is 0. The maximum atomic E-state index is 12.4. The van der Waals surface area contributed by atoms with E-state index in [1.54, 1.807) is 0 Å². The largest absolute Gasteiger partial charge is 0.352 e. The zero-order valence-electron chi connectivity index (χ0n) is 18.6. The Balaban J connectivity index is 1.29. The summed E-state index contributed by atoms with van der Waals surface area (Å²) in [7, 11) is 0. The average Bonchev–Trinajstić information content (AvgIpc) is 2.73. The van der Waals surface area contributed by atoms with Gasteiger partial charge in [0.05, 0.1) is 13.2 Å². The van der Waals surface area contributed by atoms with Crippen molar-refractivity contribution in [3.05, 3.63) is 12.2 Å². The van der Waals surface area contributed by atoms with E-state index < -0.39 is 6.08 Å². The molecule has 0 amide bonds. The minimum absolute atomic E-state index is 0.0481. The zero-order chi connectivity index (χ0) is 20.6. The summed E-state index contributed by atoms with van der Waals surface area (Å²) < 4.78 is 37.0. The number of halogens is 2. The lowest BCUT2D eigenvalue weighted by Gasteiger charge is -2.39. The molecule has 2 saturated carbocycles. The van der Waals surface area contributed by atoms with Crippen LogP contribution in [0.4, 0.5) is 8.78 Å². The van der Waals surface area contributed by atoms with E-state index in [0.29, 0.717) is 11.8 Å². The van der Waals surface area contributed by atoms with Gasteiger partial charge in [-0.1, -0.05) is 26.7 Å². The van der Waals surface area contributed by atoms with Crippen molar-refractivity contribution in [2.75, 3.05) is 13.2 Å². The van der Waals surface area contributed by atoms with Crippen molar-refractivity contribution < 1.29 is 18.3 Å². The molecule has 0 aromatic heterocycles. The third-order valence-corrected chi connectivity index (χ3v) is 8.09. The number of hydrogen-bond acceptors (Lipinski definition) is 2. The molecule has 0 aromatic carbocycles. The lowest BCUT2D eigenvalue weighted by Crippen LogP contribution is -2.38. The second-order valence-electron chi connectivity index (χ2n) is 10.1. The van der Waals surface area contributed by atoms with Crippen LogP contribution in [0.25, 0.3) is 0 Å². The van der Waals surface area contributed by atoms with E-state index in [2.05, 4.69) is 13.8 Å². The summed E-state index contributed by atoms with van der Waals surface area (Å²) in [6, 6.07) is 0. The Hall–Kier alpha value is -0.480. The first-order valence-corrected chi connectivity index (χ1v) is 12.3. The summed E-state index contributed by atoms with van der Waals surface area (Å²) in [5.41, 5.74) is 0.